The minimum absolute atomic E-state index is 0.220. The minimum Gasteiger partial charge on any atom is -0.396 e. The monoisotopic (exact) mass is 373 g/mol. The zero-order chi connectivity index (χ0) is 19.3. The quantitative estimate of drug-likeness (QED) is 0.858. The standard InChI is InChI=1S/C22H25F2NO2/c1-22(23,24)16(12-26)10-20(27)15-8-18-17-5-3-4-13-6-7-14(21(13)17)9-19(18)25(2)11-15/h3-5,7-8,15-16,19,26H,6,9-12H2,1-2H3. The third kappa shape index (κ3) is 3.17. The molecular formula is C22H25F2NO2. The van der Waals surface area contributed by atoms with E-state index in [4.69, 9.17) is 0 Å². The second-order valence-electron chi connectivity index (χ2n) is 8.17. The summed E-state index contributed by atoms with van der Waals surface area (Å²) in [7, 11) is 2.00. The van der Waals surface area contributed by atoms with Crippen LogP contribution in [0.1, 0.15) is 36.5 Å². The lowest BCUT2D eigenvalue weighted by molar-refractivity contribution is -0.129. The average molecular weight is 373 g/mol. The molecule has 0 spiro atoms. The van der Waals surface area contributed by atoms with Crippen molar-refractivity contribution < 1.29 is 18.7 Å². The molecule has 0 fully saturated rings. The predicted octanol–water partition coefficient (Wildman–Crippen LogP) is 3.57. The lowest BCUT2D eigenvalue weighted by Crippen LogP contribution is -2.44. The number of carbonyl (C=O) groups is 1. The summed E-state index contributed by atoms with van der Waals surface area (Å²) in [4.78, 5) is 14.9. The number of carbonyl (C=O) groups excluding carboxylic acids is 1. The molecule has 3 nitrogen and oxygen atoms in total. The number of Topliss-reactive ketones (excluding diaryl/α,β-unsaturated/α-hetero) is 1. The van der Waals surface area contributed by atoms with Gasteiger partial charge in [0.05, 0.1) is 12.5 Å². The Bertz CT molecular complexity index is 837. The first-order valence-electron chi connectivity index (χ1n) is 9.54. The lowest BCUT2D eigenvalue weighted by Gasteiger charge is -2.41. The van der Waals surface area contributed by atoms with E-state index in [9.17, 15) is 18.7 Å². The van der Waals surface area contributed by atoms with Crippen LogP contribution in [0.4, 0.5) is 8.78 Å². The van der Waals surface area contributed by atoms with Gasteiger partial charge in [0.15, 0.2) is 0 Å². The molecule has 3 unspecified atom stereocenters. The van der Waals surface area contributed by atoms with Gasteiger partial charge in [-0.15, -0.1) is 0 Å². The van der Waals surface area contributed by atoms with E-state index in [1.54, 1.807) is 0 Å². The molecule has 0 amide bonds. The van der Waals surface area contributed by atoms with E-state index in [2.05, 4.69) is 29.2 Å². The lowest BCUT2D eigenvalue weighted by atomic mass is 9.76. The maximum Gasteiger partial charge on any atom is 0.250 e. The highest BCUT2D eigenvalue weighted by Gasteiger charge is 2.40. The fourth-order valence-corrected chi connectivity index (χ4v) is 4.70. The van der Waals surface area contributed by atoms with Crippen molar-refractivity contribution in [1.82, 2.24) is 4.90 Å². The fraction of sp³-hybridized carbons (Fsp3) is 0.500. The number of fused-ring (bicyclic) bond motifs is 2. The first-order valence-corrected chi connectivity index (χ1v) is 9.54. The van der Waals surface area contributed by atoms with Crippen LogP contribution in [-0.2, 0) is 11.2 Å². The SMILES string of the molecule is CN1CC(C(=O)CC(CO)C(C)(F)F)C=C2c3cccc4c3C(=CC4)CC21. The second-order valence-corrected chi connectivity index (χ2v) is 8.17. The maximum absolute atomic E-state index is 13.6. The highest BCUT2D eigenvalue weighted by Crippen LogP contribution is 2.46. The van der Waals surface area contributed by atoms with Gasteiger partial charge in [-0.1, -0.05) is 30.4 Å². The van der Waals surface area contributed by atoms with Crippen molar-refractivity contribution in [2.45, 2.75) is 38.2 Å². The Hall–Kier alpha value is -1.85. The van der Waals surface area contributed by atoms with Crippen molar-refractivity contribution in [3.63, 3.8) is 0 Å². The number of likely N-dealkylation sites (N-methyl/N-ethyl adjacent to an activating group) is 1. The number of allylic oxidation sites excluding steroid dienone is 1. The summed E-state index contributed by atoms with van der Waals surface area (Å²) in [5.74, 6) is -5.03. The molecule has 1 aromatic rings. The topological polar surface area (TPSA) is 40.5 Å². The third-order valence-corrected chi connectivity index (χ3v) is 6.32. The molecule has 0 bridgehead atoms. The Morgan fingerprint density at radius 2 is 2.19 bits per heavy atom. The number of hydrogen-bond donors (Lipinski definition) is 1. The molecule has 0 saturated carbocycles. The van der Waals surface area contributed by atoms with Crippen molar-refractivity contribution >= 4 is 16.9 Å². The van der Waals surface area contributed by atoms with Crippen molar-refractivity contribution in [3.05, 3.63) is 47.0 Å². The normalized spacial score (nSPS) is 25.4. The van der Waals surface area contributed by atoms with Gasteiger partial charge in [-0.05, 0) is 54.6 Å². The number of aliphatic hydroxyl groups excluding tert-OH is 1. The van der Waals surface area contributed by atoms with Crippen molar-refractivity contribution in [2.75, 3.05) is 20.2 Å². The van der Waals surface area contributed by atoms with Gasteiger partial charge in [0.1, 0.15) is 5.78 Å². The van der Waals surface area contributed by atoms with E-state index >= 15 is 0 Å². The van der Waals surface area contributed by atoms with E-state index in [0.717, 1.165) is 25.3 Å². The Balaban J connectivity index is 1.66. The van der Waals surface area contributed by atoms with Crippen LogP contribution in [-0.4, -0.2) is 48.0 Å². The first-order chi connectivity index (χ1) is 12.8. The van der Waals surface area contributed by atoms with Gasteiger partial charge in [0, 0.05) is 24.9 Å². The van der Waals surface area contributed by atoms with Crippen molar-refractivity contribution in [2.24, 2.45) is 11.8 Å². The zero-order valence-electron chi connectivity index (χ0n) is 15.7. The molecule has 1 N–H and O–H groups in total. The van der Waals surface area contributed by atoms with Crippen LogP contribution >= 0.6 is 0 Å². The number of hydrogen-bond acceptors (Lipinski definition) is 3. The van der Waals surface area contributed by atoms with Crippen LogP contribution in [0.15, 0.2) is 30.4 Å². The number of alkyl halides is 2. The Morgan fingerprint density at radius 1 is 1.41 bits per heavy atom. The number of aliphatic hydroxyl groups is 1. The molecule has 1 aliphatic heterocycles. The summed E-state index contributed by atoms with van der Waals surface area (Å²) in [5, 5.41) is 9.28. The Labute approximate surface area is 158 Å². The number of rotatable bonds is 5. The highest BCUT2D eigenvalue weighted by molar-refractivity contribution is 5.93. The summed E-state index contributed by atoms with van der Waals surface area (Å²) in [6.45, 7) is 0.616. The highest BCUT2D eigenvalue weighted by atomic mass is 19.3. The van der Waals surface area contributed by atoms with Gasteiger partial charge >= 0.3 is 0 Å². The average Bonchev–Trinajstić information content (AvgIpc) is 3.03. The molecule has 0 radical (unpaired) electrons. The van der Waals surface area contributed by atoms with Crippen LogP contribution in [0.3, 0.4) is 0 Å². The minimum atomic E-state index is -3.06. The molecule has 4 rings (SSSR count). The van der Waals surface area contributed by atoms with Gasteiger partial charge in [0.25, 0.3) is 5.92 Å². The van der Waals surface area contributed by atoms with Crippen LogP contribution < -0.4 is 0 Å². The van der Waals surface area contributed by atoms with Crippen molar-refractivity contribution in [1.29, 1.82) is 0 Å². The third-order valence-electron chi connectivity index (χ3n) is 6.32. The molecule has 1 heterocycles. The van der Waals surface area contributed by atoms with E-state index in [-0.39, 0.29) is 18.2 Å². The molecule has 1 aromatic carbocycles. The van der Waals surface area contributed by atoms with Gasteiger partial charge in [-0.25, -0.2) is 8.78 Å². The van der Waals surface area contributed by atoms with Crippen LogP contribution in [0.2, 0.25) is 0 Å². The number of halogens is 2. The van der Waals surface area contributed by atoms with Crippen LogP contribution in [0.5, 0.6) is 0 Å². The zero-order valence-corrected chi connectivity index (χ0v) is 15.7. The van der Waals surface area contributed by atoms with Gasteiger partial charge in [0.2, 0.25) is 0 Å². The molecular weight excluding hydrogens is 348 g/mol. The maximum atomic E-state index is 13.6. The molecule has 144 valence electrons. The van der Waals surface area contributed by atoms with E-state index in [1.165, 1.54) is 22.3 Å². The number of ketones is 1. The number of nitrogens with zero attached hydrogens (tertiary/aromatic N) is 1. The fourth-order valence-electron chi connectivity index (χ4n) is 4.70. The van der Waals surface area contributed by atoms with Gasteiger partial charge in [-0.3, -0.25) is 9.69 Å². The first kappa shape index (κ1) is 18.5. The molecule has 2 aliphatic carbocycles. The smallest absolute Gasteiger partial charge is 0.250 e. The Morgan fingerprint density at radius 3 is 2.89 bits per heavy atom. The summed E-state index contributed by atoms with van der Waals surface area (Å²) in [6, 6.07) is 6.53. The summed E-state index contributed by atoms with van der Waals surface area (Å²) < 4.78 is 27.2. The van der Waals surface area contributed by atoms with Gasteiger partial charge in [-0.2, -0.15) is 0 Å². The molecule has 3 atom stereocenters. The van der Waals surface area contributed by atoms with Crippen molar-refractivity contribution in [3.8, 4) is 0 Å². The largest absolute Gasteiger partial charge is 0.396 e. The molecule has 5 heteroatoms. The molecule has 3 aliphatic rings. The predicted molar refractivity (Wildman–Crippen MR) is 101 cm³/mol. The number of benzene rings is 1. The molecule has 0 aromatic heterocycles. The van der Waals surface area contributed by atoms with E-state index < -0.39 is 24.4 Å². The molecule has 27 heavy (non-hydrogen) atoms. The molecule has 0 saturated heterocycles. The summed E-state index contributed by atoms with van der Waals surface area (Å²) in [5.41, 5.74) is 6.32. The van der Waals surface area contributed by atoms with E-state index in [1.807, 2.05) is 13.1 Å². The summed E-state index contributed by atoms with van der Waals surface area (Å²) in [6.07, 6.45) is 5.88. The summed E-state index contributed by atoms with van der Waals surface area (Å²) >= 11 is 0. The van der Waals surface area contributed by atoms with Crippen LogP contribution in [0, 0.1) is 11.8 Å². The van der Waals surface area contributed by atoms with Crippen LogP contribution in [0.25, 0.3) is 11.1 Å². The van der Waals surface area contributed by atoms with E-state index in [0.29, 0.717) is 6.54 Å². The second kappa shape index (κ2) is 6.64. The Kier molecular flexibility index (Phi) is 4.55. The van der Waals surface area contributed by atoms with Gasteiger partial charge < -0.3 is 5.11 Å².